The third-order valence-electron chi connectivity index (χ3n) is 6.65. The molecule has 186 valence electrons. The van der Waals surface area contributed by atoms with E-state index in [1.807, 2.05) is 35.2 Å². The smallest absolute Gasteiger partial charge is 0.211 e. The monoisotopic (exact) mass is 524 g/mol. The van der Waals surface area contributed by atoms with Crippen LogP contribution >= 0.6 is 11.6 Å². The summed E-state index contributed by atoms with van der Waals surface area (Å²) in [5, 5.41) is 0.278. The van der Waals surface area contributed by atoms with Gasteiger partial charge in [-0.1, -0.05) is 60.8 Å². The molecule has 36 heavy (non-hydrogen) atoms. The molecular formula is C28H26ClFN2O3S. The summed E-state index contributed by atoms with van der Waals surface area (Å²) in [6.45, 7) is 1.81. The molecule has 0 radical (unpaired) electrons. The summed E-state index contributed by atoms with van der Waals surface area (Å²) in [6, 6.07) is 18.2. The van der Waals surface area contributed by atoms with Gasteiger partial charge in [0, 0.05) is 30.9 Å². The molecule has 3 aromatic carbocycles. The molecule has 0 spiro atoms. The van der Waals surface area contributed by atoms with Gasteiger partial charge in [-0.05, 0) is 48.7 Å². The van der Waals surface area contributed by atoms with Crippen LogP contribution in [0, 0.1) is 5.82 Å². The van der Waals surface area contributed by atoms with Crippen molar-refractivity contribution in [2.45, 2.75) is 42.0 Å². The normalized spacial score (nSPS) is 14.7. The van der Waals surface area contributed by atoms with Gasteiger partial charge in [-0.15, -0.1) is 0 Å². The SMILES string of the molecule is O=c1c(S(=O)(=O)c2cccc(Cl)c2)cn(Cc2ccccc2)c2cc(N3CCCCCC3)c(F)cc12. The Morgan fingerprint density at radius 2 is 1.61 bits per heavy atom. The van der Waals surface area contributed by atoms with Crippen LogP contribution in [-0.2, 0) is 16.4 Å². The number of pyridine rings is 1. The molecule has 1 saturated heterocycles. The van der Waals surface area contributed by atoms with Crippen LogP contribution < -0.4 is 10.3 Å². The van der Waals surface area contributed by atoms with E-state index in [4.69, 9.17) is 11.6 Å². The number of aromatic nitrogens is 1. The van der Waals surface area contributed by atoms with Gasteiger partial charge in [-0.3, -0.25) is 4.79 Å². The summed E-state index contributed by atoms with van der Waals surface area (Å²) in [4.78, 5) is 15.1. The van der Waals surface area contributed by atoms with Crippen LogP contribution in [0.4, 0.5) is 10.1 Å². The summed E-state index contributed by atoms with van der Waals surface area (Å²) in [5.41, 5.74) is 1.13. The molecule has 0 saturated carbocycles. The van der Waals surface area contributed by atoms with Crippen LogP contribution in [-0.4, -0.2) is 26.1 Å². The molecule has 1 fully saturated rings. The highest BCUT2D eigenvalue weighted by atomic mass is 35.5. The molecule has 0 bridgehead atoms. The Hall–Kier alpha value is -3.16. The lowest BCUT2D eigenvalue weighted by atomic mass is 10.1. The van der Waals surface area contributed by atoms with Crippen molar-refractivity contribution in [1.82, 2.24) is 4.57 Å². The number of fused-ring (bicyclic) bond motifs is 1. The first-order valence-corrected chi connectivity index (χ1v) is 13.9. The minimum absolute atomic E-state index is 0.0325. The fourth-order valence-electron chi connectivity index (χ4n) is 4.79. The molecule has 5 nitrogen and oxygen atoms in total. The second-order valence-electron chi connectivity index (χ2n) is 9.12. The minimum Gasteiger partial charge on any atom is -0.369 e. The van der Waals surface area contributed by atoms with E-state index in [1.165, 1.54) is 30.5 Å². The summed E-state index contributed by atoms with van der Waals surface area (Å²) >= 11 is 6.03. The lowest BCUT2D eigenvalue weighted by molar-refractivity contribution is 0.593. The molecular weight excluding hydrogens is 499 g/mol. The molecule has 1 aromatic heterocycles. The van der Waals surface area contributed by atoms with Crippen molar-refractivity contribution in [2.24, 2.45) is 0 Å². The maximum atomic E-state index is 15.4. The molecule has 2 heterocycles. The van der Waals surface area contributed by atoms with Gasteiger partial charge in [-0.2, -0.15) is 0 Å². The van der Waals surface area contributed by atoms with Crippen LogP contribution in [0.2, 0.25) is 5.02 Å². The number of nitrogens with zero attached hydrogens (tertiary/aromatic N) is 2. The van der Waals surface area contributed by atoms with Gasteiger partial charge in [0.2, 0.25) is 15.3 Å². The van der Waals surface area contributed by atoms with Crippen molar-refractivity contribution in [3.05, 3.63) is 99.6 Å². The summed E-state index contributed by atoms with van der Waals surface area (Å²) in [5.74, 6) is -0.523. The molecule has 4 aromatic rings. The van der Waals surface area contributed by atoms with E-state index in [9.17, 15) is 13.2 Å². The average molecular weight is 525 g/mol. The third-order valence-corrected chi connectivity index (χ3v) is 8.63. The number of hydrogen-bond acceptors (Lipinski definition) is 4. The Balaban J connectivity index is 1.74. The first-order chi connectivity index (χ1) is 17.3. The Morgan fingerprint density at radius 3 is 2.31 bits per heavy atom. The zero-order chi connectivity index (χ0) is 25.3. The van der Waals surface area contributed by atoms with Gasteiger partial charge in [0.05, 0.1) is 21.5 Å². The first-order valence-electron chi connectivity index (χ1n) is 12.0. The summed E-state index contributed by atoms with van der Waals surface area (Å²) in [7, 11) is -4.20. The molecule has 1 aliphatic heterocycles. The van der Waals surface area contributed by atoms with Crippen LogP contribution in [0.25, 0.3) is 10.9 Å². The Kier molecular flexibility index (Phi) is 6.86. The van der Waals surface area contributed by atoms with Crippen molar-refractivity contribution in [2.75, 3.05) is 18.0 Å². The second kappa shape index (κ2) is 10.1. The lowest BCUT2D eigenvalue weighted by Gasteiger charge is -2.24. The second-order valence-corrected chi connectivity index (χ2v) is 11.5. The van der Waals surface area contributed by atoms with Crippen LogP contribution in [0.5, 0.6) is 0 Å². The van der Waals surface area contributed by atoms with E-state index in [0.717, 1.165) is 44.3 Å². The molecule has 0 atom stereocenters. The van der Waals surface area contributed by atoms with Crippen LogP contribution in [0.15, 0.2) is 87.5 Å². The topological polar surface area (TPSA) is 59.4 Å². The molecule has 0 aliphatic carbocycles. The van der Waals surface area contributed by atoms with Gasteiger partial charge in [0.15, 0.2) is 0 Å². The van der Waals surface area contributed by atoms with Crippen molar-refractivity contribution >= 4 is 38.0 Å². The number of halogens is 2. The van der Waals surface area contributed by atoms with Gasteiger partial charge >= 0.3 is 0 Å². The standard InChI is InChI=1S/C28H26ClFN2O3S/c29-21-11-8-12-22(15-21)36(34,35)27-19-32(18-20-9-4-3-5-10-20)25-17-26(24(30)16-23(25)28(27)33)31-13-6-1-2-7-14-31/h3-5,8-12,15-17,19H,1-2,6-7,13-14,18H2. The molecule has 0 unspecified atom stereocenters. The number of sulfone groups is 1. The van der Waals surface area contributed by atoms with Gasteiger partial charge in [0.1, 0.15) is 10.7 Å². The number of rotatable bonds is 5. The predicted octanol–water partition coefficient (Wildman–Crippen LogP) is 6.06. The summed E-state index contributed by atoms with van der Waals surface area (Å²) < 4.78 is 44.2. The Labute approximate surface area is 214 Å². The van der Waals surface area contributed by atoms with Gasteiger partial charge < -0.3 is 9.47 Å². The van der Waals surface area contributed by atoms with Gasteiger partial charge in [-0.25, -0.2) is 12.8 Å². The third kappa shape index (κ3) is 4.77. The molecule has 5 rings (SSSR count). The van der Waals surface area contributed by atoms with E-state index in [-0.39, 0.29) is 15.3 Å². The van der Waals surface area contributed by atoms with Crippen molar-refractivity contribution in [1.29, 1.82) is 0 Å². The summed E-state index contributed by atoms with van der Waals surface area (Å²) in [6.07, 6.45) is 5.54. The number of hydrogen-bond donors (Lipinski definition) is 0. The lowest BCUT2D eigenvalue weighted by Crippen LogP contribution is -2.26. The zero-order valence-electron chi connectivity index (χ0n) is 19.7. The highest BCUT2D eigenvalue weighted by Crippen LogP contribution is 2.30. The van der Waals surface area contributed by atoms with Crippen LogP contribution in [0.3, 0.4) is 0 Å². The fraction of sp³-hybridized carbons (Fsp3) is 0.250. The Morgan fingerprint density at radius 1 is 0.889 bits per heavy atom. The van der Waals surface area contributed by atoms with Gasteiger partial charge in [0.25, 0.3) is 0 Å². The van der Waals surface area contributed by atoms with E-state index in [2.05, 4.69) is 0 Å². The molecule has 8 heteroatoms. The quantitative estimate of drug-likeness (QED) is 0.318. The molecule has 0 N–H and O–H groups in total. The Bertz CT molecular complexity index is 1580. The fourth-order valence-corrected chi connectivity index (χ4v) is 6.46. The molecule has 1 aliphatic rings. The highest BCUT2D eigenvalue weighted by molar-refractivity contribution is 7.91. The molecule has 0 amide bonds. The largest absolute Gasteiger partial charge is 0.369 e. The van der Waals surface area contributed by atoms with E-state index in [0.29, 0.717) is 17.7 Å². The average Bonchev–Trinajstić information content (AvgIpc) is 3.15. The van der Waals surface area contributed by atoms with Crippen molar-refractivity contribution in [3.63, 3.8) is 0 Å². The van der Waals surface area contributed by atoms with Crippen molar-refractivity contribution < 1.29 is 12.8 Å². The predicted molar refractivity (Wildman–Crippen MR) is 141 cm³/mol. The minimum atomic E-state index is -4.20. The van der Waals surface area contributed by atoms with Crippen LogP contribution in [0.1, 0.15) is 31.2 Å². The first kappa shape index (κ1) is 24.5. The maximum Gasteiger partial charge on any atom is 0.211 e. The highest BCUT2D eigenvalue weighted by Gasteiger charge is 2.26. The van der Waals surface area contributed by atoms with Crippen molar-refractivity contribution in [3.8, 4) is 0 Å². The van der Waals surface area contributed by atoms with E-state index in [1.54, 1.807) is 16.7 Å². The number of benzene rings is 3. The number of anilines is 1. The maximum absolute atomic E-state index is 15.4. The zero-order valence-corrected chi connectivity index (χ0v) is 21.2. The van der Waals surface area contributed by atoms with E-state index >= 15 is 4.39 Å². The van der Waals surface area contributed by atoms with E-state index < -0.39 is 26.0 Å².